The Morgan fingerprint density at radius 2 is 1.88 bits per heavy atom. The van der Waals surface area contributed by atoms with Crippen LogP contribution in [0.4, 0.5) is 14.5 Å². The molecule has 140 valence electrons. The zero-order valence-electron chi connectivity index (χ0n) is 14.1. The van der Waals surface area contributed by atoms with Gasteiger partial charge in [0.1, 0.15) is 0 Å². The number of hydrogen-bond acceptors (Lipinski definition) is 4. The van der Waals surface area contributed by atoms with E-state index < -0.39 is 21.7 Å². The first-order valence-electron chi connectivity index (χ1n) is 7.70. The number of nitrogens with one attached hydrogen (secondary N) is 2. The van der Waals surface area contributed by atoms with Gasteiger partial charge >= 0.3 is 0 Å². The standard InChI is InChI=1S/C17H18F2N2O3S2/c1-3-20-26(23,24)12-9-8-11(2)13(10-12)16(22)21-14-6-4-5-7-15(14)25-17(18)19/h4-10,17,20H,3H2,1-2H3,(H,21,22). The largest absolute Gasteiger partial charge is 0.321 e. The highest BCUT2D eigenvalue weighted by molar-refractivity contribution is 7.99. The van der Waals surface area contributed by atoms with Crippen LogP contribution in [-0.2, 0) is 10.0 Å². The molecule has 0 aromatic heterocycles. The molecule has 0 saturated carbocycles. The van der Waals surface area contributed by atoms with Crippen LogP contribution in [0.5, 0.6) is 0 Å². The van der Waals surface area contributed by atoms with Gasteiger partial charge in [-0.3, -0.25) is 4.79 Å². The number of alkyl halides is 2. The van der Waals surface area contributed by atoms with Crippen LogP contribution in [0.2, 0.25) is 0 Å². The summed E-state index contributed by atoms with van der Waals surface area (Å²) in [5.41, 5.74) is 0.958. The number of sulfonamides is 1. The van der Waals surface area contributed by atoms with Gasteiger partial charge in [0.2, 0.25) is 10.0 Å². The average Bonchev–Trinajstić information content (AvgIpc) is 2.56. The number of rotatable bonds is 7. The third-order valence-corrected chi connectivity index (χ3v) is 5.78. The molecule has 2 rings (SSSR count). The molecule has 0 spiro atoms. The van der Waals surface area contributed by atoms with Crippen molar-refractivity contribution >= 4 is 33.4 Å². The predicted molar refractivity (Wildman–Crippen MR) is 98.3 cm³/mol. The van der Waals surface area contributed by atoms with Gasteiger partial charge in [-0.15, -0.1) is 0 Å². The first kappa shape index (κ1) is 20.3. The van der Waals surface area contributed by atoms with Crippen LogP contribution in [-0.4, -0.2) is 26.6 Å². The molecule has 0 radical (unpaired) electrons. The van der Waals surface area contributed by atoms with Crippen molar-refractivity contribution in [3.63, 3.8) is 0 Å². The molecule has 2 N–H and O–H groups in total. The van der Waals surface area contributed by atoms with Crippen LogP contribution < -0.4 is 10.0 Å². The van der Waals surface area contributed by atoms with Crippen molar-refractivity contribution in [2.75, 3.05) is 11.9 Å². The van der Waals surface area contributed by atoms with Crippen LogP contribution in [0, 0.1) is 6.92 Å². The molecule has 0 heterocycles. The molecule has 0 fully saturated rings. The zero-order valence-corrected chi connectivity index (χ0v) is 15.8. The smallest absolute Gasteiger partial charge is 0.288 e. The van der Waals surface area contributed by atoms with Crippen LogP contribution in [0.3, 0.4) is 0 Å². The maximum Gasteiger partial charge on any atom is 0.288 e. The number of amides is 1. The van der Waals surface area contributed by atoms with Gasteiger partial charge in [0, 0.05) is 17.0 Å². The van der Waals surface area contributed by atoms with Crippen molar-refractivity contribution in [3.8, 4) is 0 Å². The number of carbonyl (C=O) groups excluding carboxylic acids is 1. The number of aryl methyl sites for hydroxylation is 1. The molecule has 0 unspecified atom stereocenters. The molecule has 5 nitrogen and oxygen atoms in total. The summed E-state index contributed by atoms with van der Waals surface area (Å²) in [6.07, 6.45) is 0. The molecular weight excluding hydrogens is 382 g/mol. The minimum Gasteiger partial charge on any atom is -0.321 e. The lowest BCUT2D eigenvalue weighted by Gasteiger charge is -2.13. The summed E-state index contributed by atoms with van der Waals surface area (Å²) in [7, 11) is -3.71. The molecule has 2 aromatic carbocycles. The van der Waals surface area contributed by atoms with Crippen molar-refractivity contribution in [2.24, 2.45) is 0 Å². The van der Waals surface area contributed by atoms with Crippen molar-refractivity contribution in [3.05, 3.63) is 53.6 Å². The Morgan fingerprint density at radius 3 is 2.54 bits per heavy atom. The number of thioether (sulfide) groups is 1. The Balaban J connectivity index is 2.34. The first-order valence-corrected chi connectivity index (χ1v) is 10.1. The molecule has 2 aromatic rings. The SMILES string of the molecule is CCNS(=O)(=O)c1ccc(C)c(C(=O)Nc2ccccc2SC(F)F)c1. The summed E-state index contributed by atoms with van der Waals surface area (Å²) in [6.45, 7) is 3.53. The highest BCUT2D eigenvalue weighted by Crippen LogP contribution is 2.32. The van der Waals surface area contributed by atoms with Gasteiger partial charge in [-0.05, 0) is 36.8 Å². The topological polar surface area (TPSA) is 75.3 Å². The van der Waals surface area contributed by atoms with E-state index in [1.165, 1.54) is 30.3 Å². The Labute approximate surface area is 155 Å². The average molecular weight is 400 g/mol. The van der Waals surface area contributed by atoms with Crippen LogP contribution in [0.1, 0.15) is 22.8 Å². The van der Waals surface area contributed by atoms with Crippen LogP contribution in [0.15, 0.2) is 52.3 Å². The molecule has 26 heavy (non-hydrogen) atoms. The number of anilines is 1. The summed E-state index contributed by atoms with van der Waals surface area (Å²) in [6, 6.07) is 10.4. The number of hydrogen-bond donors (Lipinski definition) is 2. The maximum absolute atomic E-state index is 12.7. The van der Waals surface area contributed by atoms with Gasteiger partial charge in [-0.25, -0.2) is 13.1 Å². The fourth-order valence-corrected chi connectivity index (χ4v) is 3.91. The lowest BCUT2D eigenvalue weighted by molar-refractivity contribution is 0.102. The number of para-hydroxylation sites is 1. The van der Waals surface area contributed by atoms with E-state index in [0.29, 0.717) is 17.3 Å². The Kier molecular flexibility index (Phi) is 6.74. The molecule has 0 saturated heterocycles. The van der Waals surface area contributed by atoms with E-state index >= 15 is 0 Å². The highest BCUT2D eigenvalue weighted by atomic mass is 32.2. The second-order valence-corrected chi connectivity index (χ2v) is 8.11. The summed E-state index contributed by atoms with van der Waals surface area (Å²) in [5, 5.41) is 2.58. The molecule has 1 amide bonds. The van der Waals surface area contributed by atoms with E-state index in [1.807, 2.05) is 0 Å². The van der Waals surface area contributed by atoms with E-state index in [0.717, 1.165) is 0 Å². The minimum absolute atomic E-state index is 0.0367. The maximum atomic E-state index is 12.7. The summed E-state index contributed by atoms with van der Waals surface area (Å²) < 4.78 is 51.9. The fraction of sp³-hybridized carbons (Fsp3) is 0.235. The molecule has 0 bridgehead atoms. The van der Waals surface area contributed by atoms with Gasteiger partial charge in [0.25, 0.3) is 11.7 Å². The summed E-state index contributed by atoms with van der Waals surface area (Å²) in [4.78, 5) is 12.8. The highest BCUT2D eigenvalue weighted by Gasteiger charge is 2.18. The van der Waals surface area contributed by atoms with Crippen LogP contribution >= 0.6 is 11.8 Å². The van der Waals surface area contributed by atoms with Crippen molar-refractivity contribution < 1.29 is 22.0 Å². The Hall–Kier alpha value is -1.97. The van der Waals surface area contributed by atoms with E-state index in [9.17, 15) is 22.0 Å². The zero-order chi connectivity index (χ0) is 19.3. The van der Waals surface area contributed by atoms with E-state index in [4.69, 9.17) is 0 Å². The van der Waals surface area contributed by atoms with Gasteiger partial charge < -0.3 is 5.32 Å². The summed E-state index contributed by atoms with van der Waals surface area (Å²) in [5.74, 6) is -3.19. The van der Waals surface area contributed by atoms with Crippen LogP contribution in [0.25, 0.3) is 0 Å². The molecule has 0 atom stereocenters. The van der Waals surface area contributed by atoms with Gasteiger partial charge in [-0.2, -0.15) is 8.78 Å². The number of benzene rings is 2. The number of carbonyl (C=O) groups is 1. The predicted octanol–water partition coefficient (Wildman–Crippen LogP) is 3.86. The lowest BCUT2D eigenvalue weighted by Crippen LogP contribution is -2.24. The molecule has 9 heteroatoms. The first-order chi connectivity index (χ1) is 12.2. The monoisotopic (exact) mass is 400 g/mol. The van der Waals surface area contributed by atoms with Gasteiger partial charge in [0.05, 0.1) is 10.6 Å². The lowest BCUT2D eigenvalue weighted by atomic mass is 10.1. The van der Waals surface area contributed by atoms with Gasteiger partial charge in [0.15, 0.2) is 0 Å². The third-order valence-electron chi connectivity index (χ3n) is 3.45. The summed E-state index contributed by atoms with van der Waals surface area (Å²) >= 11 is 0.326. The van der Waals surface area contributed by atoms with Crippen molar-refractivity contribution in [1.82, 2.24) is 4.72 Å². The molecule has 0 aliphatic heterocycles. The molecule has 0 aliphatic carbocycles. The molecular formula is C17H18F2N2O3S2. The van der Waals surface area contributed by atoms with E-state index in [-0.39, 0.29) is 27.6 Å². The van der Waals surface area contributed by atoms with E-state index in [1.54, 1.807) is 26.0 Å². The van der Waals surface area contributed by atoms with Crippen molar-refractivity contribution in [2.45, 2.75) is 29.4 Å². The van der Waals surface area contributed by atoms with Gasteiger partial charge in [-0.1, -0.05) is 36.9 Å². The third kappa shape index (κ3) is 5.03. The fourth-order valence-electron chi connectivity index (χ4n) is 2.24. The Morgan fingerprint density at radius 1 is 1.19 bits per heavy atom. The minimum atomic E-state index is -3.71. The second kappa shape index (κ2) is 8.61. The normalized spacial score (nSPS) is 11.6. The number of halogens is 2. The van der Waals surface area contributed by atoms with E-state index in [2.05, 4.69) is 10.0 Å². The molecule has 0 aliphatic rings. The second-order valence-electron chi connectivity index (χ2n) is 5.31. The quantitative estimate of drug-likeness (QED) is 0.692. The Bertz CT molecular complexity index is 903. The van der Waals surface area contributed by atoms with Crippen molar-refractivity contribution in [1.29, 1.82) is 0 Å².